The van der Waals surface area contributed by atoms with Crippen molar-refractivity contribution in [3.05, 3.63) is 0 Å². The van der Waals surface area contributed by atoms with Crippen molar-refractivity contribution in [1.29, 1.82) is 0 Å². The van der Waals surface area contributed by atoms with E-state index in [1.165, 1.54) is 0 Å². The number of halogens is 1. The van der Waals surface area contributed by atoms with Gasteiger partial charge in [-0.25, -0.2) is 4.39 Å². The molecule has 0 aliphatic carbocycles. The maximum atomic E-state index is 14.6. The average Bonchev–Trinajstić information content (AvgIpc) is 2.17. The Morgan fingerprint density at radius 1 is 1.27 bits per heavy atom. The van der Waals surface area contributed by atoms with Gasteiger partial charge in [-0.1, -0.05) is 20.8 Å². The van der Waals surface area contributed by atoms with E-state index in [9.17, 15) is 4.39 Å². The summed E-state index contributed by atoms with van der Waals surface area (Å²) in [5, 5.41) is 0. The molecule has 1 aliphatic rings. The summed E-state index contributed by atoms with van der Waals surface area (Å²) >= 11 is 0. The molecule has 0 saturated carbocycles. The van der Waals surface area contributed by atoms with Crippen molar-refractivity contribution < 1.29 is 9.13 Å². The van der Waals surface area contributed by atoms with E-state index < -0.39 is 5.67 Å². The van der Waals surface area contributed by atoms with E-state index in [0.29, 0.717) is 12.3 Å². The highest BCUT2D eigenvalue weighted by Gasteiger charge is 2.42. The summed E-state index contributed by atoms with van der Waals surface area (Å²) in [7, 11) is 0. The lowest BCUT2D eigenvalue weighted by molar-refractivity contribution is -0.0131. The Bertz CT molecular complexity index is 196. The molecule has 1 heterocycles. The maximum absolute atomic E-state index is 14.6. The molecule has 90 valence electrons. The van der Waals surface area contributed by atoms with Crippen molar-refractivity contribution >= 4 is 0 Å². The Labute approximate surface area is 92.4 Å². The van der Waals surface area contributed by atoms with Crippen LogP contribution in [0.5, 0.6) is 0 Å². The fourth-order valence-corrected chi connectivity index (χ4v) is 2.10. The number of alkyl halides is 1. The molecule has 0 aromatic carbocycles. The number of rotatable bonds is 3. The maximum Gasteiger partial charge on any atom is 0.128 e. The molecule has 2 nitrogen and oxygen atoms in total. The number of nitrogens with two attached hydrogens (primary N) is 1. The van der Waals surface area contributed by atoms with Crippen LogP contribution in [0.25, 0.3) is 0 Å². The van der Waals surface area contributed by atoms with Crippen LogP contribution in [0.3, 0.4) is 0 Å². The van der Waals surface area contributed by atoms with Crippen LogP contribution in [0.2, 0.25) is 0 Å². The summed E-state index contributed by atoms with van der Waals surface area (Å²) in [6.45, 7) is 7.45. The molecule has 0 amide bonds. The summed E-state index contributed by atoms with van der Waals surface area (Å²) < 4.78 is 19.9. The molecular formula is C12H24FNO. The van der Waals surface area contributed by atoms with Crippen LogP contribution in [0.15, 0.2) is 0 Å². The zero-order chi connectivity index (χ0) is 11.5. The predicted octanol–water partition coefficient (Wildman–Crippen LogP) is 2.52. The second-order valence-electron chi connectivity index (χ2n) is 5.68. The smallest absolute Gasteiger partial charge is 0.128 e. The van der Waals surface area contributed by atoms with Gasteiger partial charge in [0.15, 0.2) is 0 Å². The van der Waals surface area contributed by atoms with Gasteiger partial charge in [-0.2, -0.15) is 0 Å². The number of hydrogen-bond acceptors (Lipinski definition) is 2. The van der Waals surface area contributed by atoms with Crippen LogP contribution in [-0.4, -0.2) is 25.4 Å². The highest BCUT2D eigenvalue weighted by atomic mass is 19.1. The van der Waals surface area contributed by atoms with Gasteiger partial charge in [0, 0.05) is 19.8 Å². The minimum absolute atomic E-state index is 0.119. The molecule has 2 N–H and O–H groups in total. The van der Waals surface area contributed by atoms with Gasteiger partial charge >= 0.3 is 0 Å². The van der Waals surface area contributed by atoms with E-state index in [1.807, 2.05) is 20.8 Å². The lowest BCUT2D eigenvalue weighted by Crippen LogP contribution is -2.47. The molecule has 1 aliphatic heterocycles. The summed E-state index contributed by atoms with van der Waals surface area (Å²) in [5.41, 5.74) is 3.99. The summed E-state index contributed by atoms with van der Waals surface area (Å²) in [6.07, 6.45) is 2.53. The van der Waals surface area contributed by atoms with E-state index in [-0.39, 0.29) is 12.0 Å². The first-order valence-corrected chi connectivity index (χ1v) is 5.86. The minimum atomic E-state index is -1.24. The molecule has 1 unspecified atom stereocenters. The molecule has 0 bridgehead atoms. The van der Waals surface area contributed by atoms with Gasteiger partial charge in [0.05, 0.1) is 0 Å². The third-order valence-corrected chi connectivity index (χ3v) is 3.62. The van der Waals surface area contributed by atoms with Gasteiger partial charge < -0.3 is 10.5 Å². The first kappa shape index (κ1) is 12.9. The Kier molecular flexibility index (Phi) is 4.13. The molecule has 0 aromatic rings. The largest absolute Gasteiger partial charge is 0.381 e. The van der Waals surface area contributed by atoms with E-state index >= 15 is 0 Å². The molecular weight excluding hydrogens is 193 g/mol. The predicted molar refractivity (Wildman–Crippen MR) is 60.5 cm³/mol. The van der Waals surface area contributed by atoms with Gasteiger partial charge in [-0.05, 0) is 30.6 Å². The van der Waals surface area contributed by atoms with E-state index in [4.69, 9.17) is 10.5 Å². The van der Waals surface area contributed by atoms with Crippen molar-refractivity contribution in [2.45, 2.75) is 45.7 Å². The van der Waals surface area contributed by atoms with Crippen molar-refractivity contribution in [2.24, 2.45) is 17.1 Å². The molecule has 1 fully saturated rings. The van der Waals surface area contributed by atoms with Crippen molar-refractivity contribution in [3.63, 3.8) is 0 Å². The Morgan fingerprint density at radius 2 is 1.80 bits per heavy atom. The second kappa shape index (κ2) is 4.79. The van der Waals surface area contributed by atoms with Crippen LogP contribution >= 0.6 is 0 Å². The summed E-state index contributed by atoms with van der Waals surface area (Å²) in [4.78, 5) is 0. The van der Waals surface area contributed by atoms with Crippen molar-refractivity contribution in [3.8, 4) is 0 Å². The van der Waals surface area contributed by atoms with Crippen LogP contribution in [-0.2, 0) is 4.74 Å². The lowest BCUT2D eigenvalue weighted by atomic mass is 9.72. The van der Waals surface area contributed by atoms with E-state index in [2.05, 4.69) is 0 Å². The minimum Gasteiger partial charge on any atom is -0.381 e. The SMILES string of the molecule is CC(C)(C)C(F)(CN)CC1CCOCC1. The van der Waals surface area contributed by atoms with Crippen molar-refractivity contribution in [1.82, 2.24) is 0 Å². The van der Waals surface area contributed by atoms with Crippen LogP contribution in [0, 0.1) is 11.3 Å². The van der Waals surface area contributed by atoms with Crippen LogP contribution in [0.1, 0.15) is 40.0 Å². The fraction of sp³-hybridized carbons (Fsp3) is 1.00. The van der Waals surface area contributed by atoms with E-state index in [1.54, 1.807) is 0 Å². The molecule has 1 atom stereocenters. The number of ether oxygens (including phenoxy) is 1. The van der Waals surface area contributed by atoms with E-state index in [0.717, 1.165) is 26.1 Å². The third kappa shape index (κ3) is 3.15. The standard InChI is InChI=1S/C12H24FNO/c1-11(2,3)12(13,9-14)8-10-4-6-15-7-5-10/h10H,4-9,14H2,1-3H3. The Balaban J connectivity index is 2.58. The topological polar surface area (TPSA) is 35.2 Å². The van der Waals surface area contributed by atoms with Crippen LogP contribution in [0.4, 0.5) is 4.39 Å². The Morgan fingerprint density at radius 3 is 2.20 bits per heavy atom. The first-order valence-electron chi connectivity index (χ1n) is 5.86. The fourth-order valence-electron chi connectivity index (χ4n) is 2.10. The molecule has 15 heavy (non-hydrogen) atoms. The highest BCUT2D eigenvalue weighted by Crippen LogP contribution is 2.40. The quantitative estimate of drug-likeness (QED) is 0.788. The molecule has 1 saturated heterocycles. The number of hydrogen-bond donors (Lipinski definition) is 1. The first-order chi connectivity index (χ1) is 6.89. The lowest BCUT2D eigenvalue weighted by Gasteiger charge is -2.40. The summed E-state index contributed by atoms with van der Waals surface area (Å²) in [5.74, 6) is 0.437. The van der Waals surface area contributed by atoms with Gasteiger partial charge in [-0.3, -0.25) is 0 Å². The highest BCUT2D eigenvalue weighted by molar-refractivity contribution is 4.94. The third-order valence-electron chi connectivity index (χ3n) is 3.62. The molecule has 0 radical (unpaired) electrons. The van der Waals surface area contributed by atoms with Gasteiger partial charge in [-0.15, -0.1) is 0 Å². The van der Waals surface area contributed by atoms with Gasteiger partial charge in [0.25, 0.3) is 0 Å². The van der Waals surface area contributed by atoms with Gasteiger partial charge in [0.1, 0.15) is 5.67 Å². The van der Waals surface area contributed by atoms with Crippen molar-refractivity contribution in [2.75, 3.05) is 19.8 Å². The normalized spacial score (nSPS) is 23.8. The molecule has 1 rings (SSSR count). The Hall–Kier alpha value is -0.150. The molecule has 3 heteroatoms. The zero-order valence-corrected chi connectivity index (χ0v) is 10.2. The monoisotopic (exact) mass is 217 g/mol. The molecule has 0 aromatic heterocycles. The summed E-state index contributed by atoms with van der Waals surface area (Å²) in [6, 6.07) is 0. The zero-order valence-electron chi connectivity index (χ0n) is 10.2. The second-order valence-corrected chi connectivity index (χ2v) is 5.68. The van der Waals surface area contributed by atoms with Crippen LogP contribution < -0.4 is 5.73 Å². The average molecular weight is 217 g/mol. The molecule has 0 spiro atoms. The van der Waals surface area contributed by atoms with Gasteiger partial charge in [0.2, 0.25) is 0 Å².